The van der Waals surface area contributed by atoms with E-state index in [0.29, 0.717) is 12.5 Å². The predicted molar refractivity (Wildman–Crippen MR) is 70.2 cm³/mol. The summed E-state index contributed by atoms with van der Waals surface area (Å²) in [5.41, 5.74) is 6.43. The zero-order valence-electron chi connectivity index (χ0n) is 10.8. The maximum atomic E-state index is 13.4. The van der Waals surface area contributed by atoms with Crippen LogP contribution in [0.3, 0.4) is 0 Å². The fourth-order valence-corrected chi connectivity index (χ4v) is 1.89. The zero-order valence-corrected chi connectivity index (χ0v) is 10.8. The fourth-order valence-electron chi connectivity index (χ4n) is 1.89. The number of halogens is 1. The molecule has 0 amide bonds. The molecule has 0 bridgehead atoms. The molecular weight excluding hydrogens is 215 g/mol. The van der Waals surface area contributed by atoms with Crippen LogP contribution in [0.1, 0.15) is 25.3 Å². The van der Waals surface area contributed by atoms with E-state index < -0.39 is 0 Å². The zero-order chi connectivity index (χ0) is 12.7. The van der Waals surface area contributed by atoms with Gasteiger partial charge in [0.25, 0.3) is 0 Å². The summed E-state index contributed by atoms with van der Waals surface area (Å²) in [6, 6.07) is 6.95. The lowest BCUT2D eigenvalue weighted by molar-refractivity contribution is 0.288. The summed E-state index contributed by atoms with van der Waals surface area (Å²) in [5, 5.41) is 0. The van der Waals surface area contributed by atoms with Gasteiger partial charge in [-0.05, 0) is 38.5 Å². The van der Waals surface area contributed by atoms with Crippen molar-refractivity contribution in [1.82, 2.24) is 4.90 Å². The van der Waals surface area contributed by atoms with Crippen LogP contribution < -0.4 is 5.73 Å². The molecule has 96 valence electrons. The van der Waals surface area contributed by atoms with Gasteiger partial charge in [0.05, 0.1) is 0 Å². The molecule has 0 saturated heterocycles. The van der Waals surface area contributed by atoms with Gasteiger partial charge in [-0.25, -0.2) is 4.39 Å². The van der Waals surface area contributed by atoms with E-state index in [1.807, 2.05) is 19.2 Å². The summed E-state index contributed by atoms with van der Waals surface area (Å²) < 4.78 is 13.4. The van der Waals surface area contributed by atoms with E-state index in [2.05, 4.69) is 11.8 Å². The van der Waals surface area contributed by atoms with E-state index >= 15 is 0 Å². The monoisotopic (exact) mass is 238 g/mol. The second-order valence-electron chi connectivity index (χ2n) is 4.63. The van der Waals surface area contributed by atoms with Gasteiger partial charge in [0.1, 0.15) is 5.82 Å². The van der Waals surface area contributed by atoms with Crippen LogP contribution >= 0.6 is 0 Å². The molecule has 1 unspecified atom stereocenters. The van der Waals surface area contributed by atoms with Crippen LogP contribution in [-0.2, 0) is 6.54 Å². The number of nitrogens with two attached hydrogens (primary N) is 1. The summed E-state index contributed by atoms with van der Waals surface area (Å²) >= 11 is 0. The molecule has 0 heterocycles. The van der Waals surface area contributed by atoms with Crippen molar-refractivity contribution in [1.29, 1.82) is 0 Å². The lowest BCUT2D eigenvalue weighted by Gasteiger charge is -2.20. The molecule has 2 nitrogen and oxygen atoms in total. The van der Waals surface area contributed by atoms with Crippen molar-refractivity contribution in [2.24, 2.45) is 11.7 Å². The molecule has 1 aromatic rings. The first kappa shape index (κ1) is 14.1. The third-order valence-corrected chi connectivity index (χ3v) is 3.23. The Morgan fingerprint density at radius 2 is 2.06 bits per heavy atom. The van der Waals surface area contributed by atoms with E-state index in [0.717, 1.165) is 31.5 Å². The van der Waals surface area contributed by atoms with E-state index in [-0.39, 0.29) is 5.82 Å². The third kappa shape index (κ3) is 4.84. The highest BCUT2D eigenvalue weighted by molar-refractivity contribution is 5.16. The lowest BCUT2D eigenvalue weighted by Crippen LogP contribution is -2.24. The summed E-state index contributed by atoms with van der Waals surface area (Å²) in [4.78, 5) is 2.15. The summed E-state index contributed by atoms with van der Waals surface area (Å²) in [7, 11) is 2.02. The highest BCUT2D eigenvalue weighted by Crippen LogP contribution is 2.11. The minimum atomic E-state index is -0.120. The fraction of sp³-hybridized carbons (Fsp3) is 0.571. The van der Waals surface area contributed by atoms with Gasteiger partial charge in [0.15, 0.2) is 0 Å². The summed E-state index contributed by atoms with van der Waals surface area (Å²) in [6.45, 7) is 4.52. The first-order chi connectivity index (χ1) is 8.17. The molecule has 17 heavy (non-hydrogen) atoms. The van der Waals surface area contributed by atoms with Gasteiger partial charge < -0.3 is 10.6 Å². The van der Waals surface area contributed by atoms with Crippen molar-refractivity contribution in [3.8, 4) is 0 Å². The Bertz CT molecular complexity index is 324. The van der Waals surface area contributed by atoms with E-state index in [1.165, 1.54) is 6.07 Å². The quantitative estimate of drug-likeness (QED) is 0.791. The third-order valence-electron chi connectivity index (χ3n) is 3.23. The molecule has 0 saturated carbocycles. The van der Waals surface area contributed by atoms with Crippen LogP contribution in [0.4, 0.5) is 4.39 Å². The van der Waals surface area contributed by atoms with Crippen LogP contribution in [0, 0.1) is 11.7 Å². The van der Waals surface area contributed by atoms with Gasteiger partial charge in [-0.1, -0.05) is 31.5 Å². The Labute approximate surface area is 104 Å². The molecule has 0 aliphatic heterocycles. The SMILES string of the molecule is CCC(CN)CCN(C)Cc1ccccc1F. The van der Waals surface area contributed by atoms with Crippen molar-refractivity contribution in [3.05, 3.63) is 35.6 Å². The predicted octanol–water partition coefficient (Wildman–Crippen LogP) is 2.63. The summed E-state index contributed by atoms with van der Waals surface area (Å²) in [6.07, 6.45) is 2.20. The Balaban J connectivity index is 2.39. The minimum absolute atomic E-state index is 0.120. The van der Waals surface area contributed by atoms with Crippen molar-refractivity contribution >= 4 is 0 Å². The van der Waals surface area contributed by atoms with Gasteiger partial charge in [-0.15, -0.1) is 0 Å². The molecule has 1 rings (SSSR count). The maximum Gasteiger partial charge on any atom is 0.127 e. The van der Waals surface area contributed by atoms with Crippen LogP contribution in [0.15, 0.2) is 24.3 Å². The molecule has 0 aliphatic carbocycles. The van der Waals surface area contributed by atoms with E-state index in [4.69, 9.17) is 5.73 Å². The normalized spacial score (nSPS) is 13.0. The van der Waals surface area contributed by atoms with E-state index in [9.17, 15) is 4.39 Å². The summed E-state index contributed by atoms with van der Waals surface area (Å²) in [5.74, 6) is 0.461. The smallest absolute Gasteiger partial charge is 0.127 e. The van der Waals surface area contributed by atoms with Gasteiger partial charge in [0, 0.05) is 12.1 Å². The van der Waals surface area contributed by atoms with Crippen LogP contribution in [0.2, 0.25) is 0 Å². The Kier molecular flexibility index (Phi) is 6.16. The van der Waals surface area contributed by atoms with Crippen LogP contribution in [0.5, 0.6) is 0 Å². The first-order valence-electron chi connectivity index (χ1n) is 6.29. The second kappa shape index (κ2) is 7.41. The molecule has 0 aliphatic rings. The topological polar surface area (TPSA) is 29.3 Å². The minimum Gasteiger partial charge on any atom is -0.330 e. The molecule has 1 atom stereocenters. The van der Waals surface area contributed by atoms with Gasteiger partial charge in [-0.3, -0.25) is 0 Å². The molecule has 0 radical (unpaired) electrons. The Hall–Kier alpha value is -0.930. The largest absolute Gasteiger partial charge is 0.330 e. The van der Waals surface area contributed by atoms with Crippen molar-refractivity contribution in [2.45, 2.75) is 26.3 Å². The average molecular weight is 238 g/mol. The van der Waals surface area contributed by atoms with E-state index in [1.54, 1.807) is 6.07 Å². The Morgan fingerprint density at radius 1 is 1.35 bits per heavy atom. The molecule has 3 heteroatoms. The highest BCUT2D eigenvalue weighted by Gasteiger charge is 2.08. The molecule has 0 fully saturated rings. The molecule has 0 spiro atoms. The average Bonchev–Trinajstić information content (AvgIpc) is 2.33. The number of hydrogen-bond acceptors (Lipinski definition) is 2. The van der Waals surface area contributed by atoms with Crippen molar-refractivity contribution < 1.29 is 4.39 Å². The first-order valence-corrected chi connectivity index (χ1v) is 6.29. The number of nitrogens with zero attached hydrogens (tertiary/aromatic N) is 1. The molecule has 0 aromatic heterocycles. The second-order valence-corrected chi connectivity index (χ2v) is 4.63. The molecule has 1 aromatic carbocycles. The lowest BCUT2D eigenvalue weighted by atomic mass is 10.0. The maximum absolute atomic E-state index is 13.4. The highest BCUT2D eigenvalue weighted by atomic mass is 19.1. The van der Waals surface area contributed by atoms with Crippen molar-refractivity contribution in [2.75, 3.05) is 20.1 Å². The van der Waals surface area contributed by atoms with Gasteiger partial charge >= 0.3 is 0 Å². The van der Waals surface area contributed by atoms with Crippen molar-refractivity contribution in [3.63, 3.8) is 0 Å². The number of rotatable bonds is 7. The standard InChI is InChI=1S/C14H23FN2/c1-3-12(10-16)8-9-17(2)11-13-6-4-5-7-14(13)15/h4-7,12H,3,8-11,16H2,1-2H3. The Morgan fingerprint density at radius 3 is 2.65 bits per heavy atom. The van der Waals surface area contributed by atoms with Crippen LogP contribution in [-0.4, -0.2) is 25.0 Å². The van der Waals surface area contributed by atoms with Gasteiger partial charge in [0.2, 0.25) is 0 Å². The molecular formula is C14H23FN2. The number of hydrogen-bond donors (Lipinski definition) is 1. The van der Waals surface area contributed by atoms with Gasteiger partial charge in [-0.2, -0.15) is 0 Å². The van der Waals surface area contributed by atoms with Crippen LogP contribution in [0.25, 0.3) is 0 Å². The number of benzene rings is 1. The molecule has 2 N–H and O–H groups in total.